The van der Waals surface area contributed by atoms with Crippen molar-refractivity contribution in [1.82, 2.24) is 10.3 Å². The Morgan fingerprint density at radius 3 is 2.68 bits per heavy atom. The molecule has 1 heterocycles. The van der Waals surface area contributed by atoms with E-state index in [0.717, 1.165) is 28.2 Å². The van der Waals surface area contributed by atoms with E-state index in [2.05, 4.69) is 15.1 Å². The molecule has 3 N–H and O–H groups in total. The molecule has 0 unspecified atom stereocenters. The summed E-state index contributed by atoms with van der Waals surface area (Å²) in [7, 11) is 1.43. The van der Waals surface area contributed by atoms with Gasteiger partial charge in [0.2, 0.25) is 11.7 Å². The summed E-state index contributed by atoms with van der Waals surface area (Å²) in [6, 6.07) is 4.90. The van der Waals surface area contributed by atoms with Crippen molar-refractivity contribution in [2.75, 3.05) is 7.11 Å². The lowest BCUT2D eigenvalue weighted by Gasteiger charge is -2.21. The van der Waals surface area contributed by atoms with Gasteiger partial charge in [-0.2, -0.15) is 0 Å². The van der Waals surface area contributed by atoms with Gasteiger partial charge in [-0.1, -0.05) is 12.1 Å². The molecule has 9 heteroatoms. The summed E-state index contributed by atoms with van der Waals surface area (Å²) < 4.78 is 10.6. The second-order valence-corrected chi connectivity index (χ2v) is 7.55. The third-order valence-electron chi connectivity index (χ3n) is 4.82. The number of aromatic nitrogens is 1. The normalized spacial score (nSPS) is 12.8. The van der Waals surface area contributed by atoms with Gasteiger partial charge in [-0.25, -0.2) is 4.79 Å². The minimum Gasteiger partial charge on any atom is -0.461 e. The number of rotatable bonds is 11. The maximum Gasteiger partial charge on any atom is 0.372 e. The fourth-order valence-electron chi connectivity index (χ4n) is 3.35. The van der Waals surface area contributed by atoms with Gasteiger partial charge in [-0.15, -0.1) is 0 Å². The van der Waals surface area contributed by atoms with Crippen LogP contribution in [0.3, 0.4) is 0 Å². The summed E-state index contributed by atoms with van der Waals surface area (Å²) in [4.78, 5) is 43.1. The second-order valence-electron chi connectivity index (χ2n) is 7.55. The lowest BCUT2D eigenvalue weighted by atomic mass is 10.0. The lowest BCUT2D eigenvalue weighted by Crippen LogP contribution is -2.48. The van der Waals surface area contributed by atoms with Gasteiger partial charge in [0.25, 0.3) is 0 Å². The summed E-state index contributed by atoms with van der Waals surface area (Å²) in [5.74, 6) is -1.52. The lowest BCUT2D eigenvalue weighted by molar-refractivity contribution is -0.152. The van der Waals surface area contributed by atoms with Gasteiger partial charge in [-0.3, -0.25) is 9.59 Å². The molecule has 2 aromatic rings. The monoisotopic (exact) mass is 429 g/mol. The van der Waals surface area contributed by atoms with Crippen LogP contribution < -0.4 is 5.32 Å². The van der Waals surface area contributed by atoms with Gasteiger partial charge in [0, 0.05) is 37.1 Å². The Morgan fingerprint density at radius 2 is 2.03 bits per heavy atom. The zero-order valence-corrected chi connectivity index (χ0v) is 18.2. The average molecular weight is 429 g/mol. The highest BCUT2D eigenvalue weighted by Gasteiger charge is 2.28. The highest BCUT2D eigenvalue weighted by Crippen LogP contribution is 2.23. The summed E-state index contributed by atoms with van der Waals surface area (Å²) in [6.07, 6.45) is 1.79. The molecule has 0 saturated carbocycles. The van der Waals surface area contributed by atoms with E-state index in [-0.39, 0.29) is 18.9 Å². The van der Waals surface area contributed by atoms with Crippen LogP contribution in [0.25, 0.3) is 10.9 Å². The molecule has 2 rings (SSSR count). The number of ketones is 1. The van der Waals surface area contributed by atoms with Crippen molar-refractivity contribution >= 4 is 34.8 Å². The maximum atomic E-state index is 12.9. The van der Waals surface area contributed by atoms with Crippen molar-refractivity contribution in [3.63, 3.8) is 0 Å². The van der Waals surface area contributed by atoms with Crippen molar-refractivity contribution in [2.45, 2.75) is 58.3 Å². The highest BCUT2D eigenvalue weighted by molar-refractivity contribution is 6.25. The number of nitrogens with zero attached hydrogens (tertiary/aromatic N) is 1. The standard InChI is InChI=1S/C22H28N4O5/c1-13(2)31-22(29)18(9-8-16(27)12-25-23)26-21(28)19(30-4)10-15-11-24-17-7-5-6-14(3)20(15)17/h5-7,11-13,18-19,23-24H,8-10H2,1-4H3/p+1/t18-,19-/m0/s1. The van der Waals surface area contributed by atoms with Crippen molar-refractivity contribution in [3.05, 3.63) is 35.5 Å². The number of amides is 1. The van der Waals surface area contributed by atoms with E-state index in [1.807, 2.05) is 31.3 Å². The van der Waals surface area contributed by atoms with Crippen molar-refractivity contribution < 1.29 is 28.6 Å². The van der Waals surface area contributed by atoms with Crippen LogP contribution in [0.1, 0.15) is 37.8 Å². The number of hydrogen-bond donors (Lipinski definition) is 3. The number of fused-ring (bicyclic) bond motifs is 1. The fraction of sp³-hybridized carbons (Fsp3) is 0.455. The molecule has 0 bridgehead atoms. The smallest absolute Gasteiger partial charge is 0.372 e. The van der Waals surface area contributed by atoms with Crippen LogP contribution in [0, 0.1) is 12.5 Å². The second kappa shape index (κ2) is 11.2. The Balaban J connectivity index is 2.15. The number of H-pyrrole nitrogens is 1. The van der Waals surface area contributed by atoms with Crippen LogP contribution in [0.4, 0.5) is 0 Å². The first-order valence-corrected chi connectivity index (χ1v) is 10.1. The van der Waals surface area contributed by atoms with Gasteiger partial charge in [0.1, 0.15) is 12.1 Å². The number of aryl methyl sites for hydroxylation is 1. The number of benzene rings is 1. The molecule has 31 heavy (non-hydrogen) atoms. The van der Waals surface area contributed by atoms with E-state index in [9.17, 15) is 14.4 Å². The zero-order valence-electron chi connectivity index (χ0n) is 18.2. The molecule has 0 spiro atoms. The summed E-state index contributed by atoms with van der Waals surface area (Å²) >= 11 is 0. The Kier molecular flexibility index (Phi) is 8.66. The van der Waals surface area contributed by atoms with Crippen LogP contribution in [0.2, 0.25) is 0 Å². The number of Topliss-reactive ketones (excluding diaryl/α,β-unsaturated/α-hetero) is 1. The number of carbonyl (C=O) groups excluding carboxylic acids is 3. The summed E-state index contributed by atoms with van der Waals surface area (Å²) in [6.45, 7) is 5.40. The molecule has 1 amide bonds. The van der Waals surface area contributed by atoms with Crippen molar-refractivity contribution in [3.8, 4) is 0 Å². The molecule has 0 aliphatic heterocycles. The minimum absolute atomic E-state index is 0.0325. The molecule has 166 valence electrons. The Labute approximate surface area is 180 Å². The Morgan fingerprint density at radius 1 is 1.29 bits per heavy atom. The van der Waals surface area contributed by atoms with E-state index in [4.69, 9.17) is 15.0 Å². The van der Waals surface area contributed by atoms with Gasteiger partial charge < -0.3 is 19.8 Å². The number of nitrogens with one attached hydrogen (secondary N) is 3. The predicted octanol–water partition coefficient (Wildman–Crippen LogP) is 2.13. The van der Waals surface area contributed by atoms with Crippen LogP contribution in [0.15, 0.2) is 24.4 Å². The SMILES string of the molecule is CO[C@@H](Cc1c[nH]c2cccc(C)c12)C(=O)N[C@@H](CCC(=O)C=[N+]=N)C(=O)OC(C)C. The number of carbonyl (C=O) groups is 3. The van der Waals surface area contributed by atoms with Crippen LogP contribution in [-0.4, -0.2) is 59.0 Å². The van der Waals surface area contributed by atoms with Crippen LogP contribution in [-0.2, 0) is 30.3 Å². The minimum atomic E-state index is -1.01. The van der Waals surface area contributed by atoms with Gasteiger partial charge in [0.05, 0.1) is 16.4 Å². The van der Waals surface area contributed by atoms with E-state index in [0.29, 0.717) is 6.42 Å². The van der Waals surface area contributed by atoms with Crippen molar-refractivity contribution in [1.29, 1.82) is 5.53 Å². The van der Waals surface area contributed by atoms with Gasteiger partial charge in [0.15, 0.2) is 0 Å². The fourth-order valence-corrected chi connectivity index (χ4v) is 3.35. The van der Waals surface area contributed by atoms with E-state index in [1.54, 1.807) is 13.8 Å². The molecule has 1 aromatic heterocycles. The first kappa shape index (κ1) is 24.0. The molecular formula is C22H29N4O5+. The molecule has 0 saturated heterocycles. The predicted molar refractivity (Wildman–Crippen MR) is 114 cm³/mol. The first-order valence-electron chi connectivity index (χ1n) is 10.1. The largest absolute Gasteiger partial charge is 0.461 e. The number of esters is 1. The third kappa shape index (κ3) is 6.60. The molecule has 9 nitrogen and oxygen atoms in total. The summed E-state index contributed by atoms with van der Waals surface area (Å²) in [5, 5.41) is 3.69. The quantitative estimate of drug-likeness (QED) is 0.218. The molecule has 2 atom stereocenters. The number of ether oxygens (including phenoxy) is 2. The van der Waals surface area contributed by atoms with E-state index >= 15 is 0 Å². The van der Waals surface area contributed by atoms with E-state index in [1.165, 1.54) is 7.11 Å². The van der Waals surface area contributed by atoms with Crippen LogP contribution >= 0.6 is 0 Å². The Hall–Kier alpha value is -3.29. The average Bonchev–Trinajstić information content (AvgIpc) is 3.12. The summed E-state index contributed by atoms with van der Waals surface area (Å²) in [5.41, 5.74) is 9.70. The van der Waals surface area contributed by atoms with Crippen LogP contribution in [0.5, 0.6) is 0 Å². The maximum absolute atomic E-state index is 12.9. The molecule has 1 aromatic carbocycles. The Bertz CT molecular complexity index is 991. The third-order valence-corrected chi connectivity index (χ3v) is 4.82. The first-order chi connectivity index (χ1) is 14.8. The molecule has 0 fully saturated rings. The highest BCUT2D eigenvalue weighted by atomic mass is 16.5. The molecule has 0 radical (unpaired) electrons. The number of aromatic amines is 1. The number of methoxy groups -OCH3 is 1. The van der Waals surface area contributed by atoms with Gasteiger partial charge >= 0.3 is 12.2 Å². The molecule has 0 aliphatic carbocycles. The number of hydrogen-bond acceptors (Lipinski definition) is 6. The molecular weight excluding hydrogens is 400 g/mol. The van der Waals surface area contributed by atoms with Gasteiger partial charge in [-0.05, 0) is 44.4 Å². The topological polar surface area (TPSA) is 135 Å². The van der Waals surface area contributed by atoms with E-state index < -0.39 is 29.8 Å². The zero-order chi connectivity index (χ0) is 23.0. The molecule has 0 aliphatic rings. The van der Waals surface area contributed by atoms with Crippen molar-refractivity contribution in [2.24, 2.45) is 0 Å².